The number of carbonyl (C=O) groups is 4. The summed E-state index contributed by atoms with van der Waals surface area (Å²) in [7, 11) is 7.73. The van der Waals surface area contributed by atoms with Crippen molar-refractivity contribution in [3.05, 3.63) is 125 Å². The standard InChI is InChI=1S/C42H38N12O6/c1-53(2)26-9-13-30-33(20-26)59-34-21-27(54(3)4)10-14-31(34)42(30)29-12-7-24(6-11-28(29)41(58)60-42)39(56)48-23-35(55)43-18-19-46-40(57)25-8-15-32(47-22-25)36-49-51-38(52-50-36)37-44-16-5-17-45-37/h5-17,20-22,24H,18-19,23H2,1-4H3,(H,43,55)(H,46,57)(H,48,56)/t24-/m1/s1. The first kappa shape index (κ1) is 39.0. The molecule has 1 atom stereocenters. The van der Waals surface area contributed by atoms with Crippen molar-refractivity contribution >= 4 is 35.1 Å². The van der Waals surface area contributed by atoms with Crippen molar-refractivity contribution in [2.75, 3.05) is 57.6 Å². The Balaban J connectivity index is 0.859. The summed E-state index contributed by atoms with van der Waals surface area (Å²) in [4.78, 5) is 68.6. The number of benzene rings is 2. The van der Waals surface area contributed by atoms with E-state index in [1.165, 1.54) is 6.20 Å². The molecular formula is C42H38N12O6. The number of amides is 3. The topological polar surface area (TPSA) is 220 Å². The second-order valence-corrected chi connectivity index (χ2v) is 14.3. The maximum atomic E-state index is 13.6. The van der Waals surface area contributed by atoms with Gasteiger partial charge in [0.05, 0.1) is 23.6 Å². The molecule has 0 bridgehead atoms. The minimum absolute atomic E-state index is 0.109. The van der Waals surface area contributed by atoms with Crippen molar-refractivity contribution in [2.45, 2.75) is 5.60 Å². The maximum absolute atomic E-state index is 13.6. The largest absolute Gasteiger partial charge is 0.456 e. The maximum Gasteiger partial charge on any atom is 0.340 e. The fraction of sp³-hybridized carbons (Fsp3) is 0.214. The van der Waals surface area contributed by atoms with Crippen LogP contribution in [0.5, 0.6) is 11.5 Å². The molecule has 3 N–H and O–H groups in total. The third kappa shape index (κ3) is 7.48. The molecule has 18 nitrogen and oxygen atoms in total. The summed E-state index contributed by atoms with van der Waals surface area (Å²) in [6.07, 6.45) is 11.1. The Morgan fingerprint density at radius 1 is 0.733 bits per heavy atom. The molecule has 0 fully saturated rings. The Morgan fingerprint density at radius 2 is 1.37 bits per heavy atom. The molecule has 2 aliphatic heterocycles. The Bertz CT molecular complexity index is 2540. The molecule has 18 heteroatoms. The molecule has 60 heavy (non-hydrogen) atoms. The molecule has 302 valence electrons. The first-order valence-electron chi connectivity index (χ1n) is 18.8. The van der Waals surface area contributed by atoms with Crippen LogP contribution in [-0.4, -0.2) is 107 Å². The Morgan fingerprint density at radius 3 is 2.00 bits per heavy atom. The number of esters is 1. The van der Waals surface area contributed by atoms with Crippen LogP contribution >= 0.6 is 0 Å². The summed E-state index contributed by atoms with van der Waals surface area (Å²) in [5.74, 6) is -0.938. The Hall–Kier alpha value is -7.89. The van der Waals surface area contributed by atoms with Gasteiger partial charge in [-0.15, -0.1) is 20.4 Å². The van der Waals surface area contributed by atoms with Crippen LogP contribution in [0.15, 0.2) is 109 Å². The number of rotatable bonds is 11. The normalized spacial score (nSPS) is 15.5. The highest BCUT2D eigenvalue weighted by atomic mass is 16.6. The highest BCUT2D eigenvalue weighted by molar-refractivity contribution is 5.99. The van der Waals surface area contributed by atoms with Gasteiger partial charge in [-0.25, -0.2) is 14.8 Å². The number of ether oxygens (including phenoxy) is 2. The third-order valence-electron chi connectivity index (χ3n) is 9.98. The van der Waals surface area contributed by atoms with E-state index in [1.54, 1.807) is 54.9 Å². The van der Waals surface area contributed by atoms with Crippen LogP contribution in [0.4, 0.5) is 11.4 Å². The number of hydrogen-bond acceptors (Lipinski definition) is 15. The van der Waals surface area contributed by atoms with Gasteiger partial charge in [0, 0.05) is 100 Å². The summed E-state index contributed by atoms with van der Waals surface area (Å²) in [5, 5.41) is 24.1. The van der Waals surface area contributed by atoms with Crippen molar-refractivity contribution in [1.82, 2.24) is 51.3 Å². The number of fused-ring (bicyclic) bond motifs is 5. The molecule has 1 spiro atoms. The lowest BCUT2D eigenvalue weighted by molar-refractivity contribution is -0.144. The van der Waals surface area contributed by atoms with Crippen molar-refractivity contribution in [3.8, 4) is 34.7 Å². The highest BCUT2D eigenvalue weighted by Gasteiger charge is 2.54. The van der Waals surface area contributed by atoms with E-state index >= 15 is 0 Å². The first-order valence-corrected chi connectivity index (χ1v) is 18.8. The van der Waals surface area contributed by atoms with Crippen LogP contribution < -0.4 is 30.5 Å². The molecule has 5 heterocycles. The van der Waals surface area contributed by atoms with Crippen molar-refractivity contribution < 1.29 is 28.7 Å². The number of hydrogen-bond donors (Lipinski definition) is 3. The van der Waals surface area contributed by atoms with E-state index in [0.29, 0.717) is 39.5 Å². The highest BCUT2D eigenvalue weighted by Crippen LogP contribution is 2.57. The molecule has 0 saturated heterocycles. The van der Waals surface area contributed by atoms with Gasteiger partial charge in [-0.3, -0.25) is 19.4 Å². The van der Waals surface area contributed by atoms with Crippen LogP contribution in [0.3, 0.4) is 0 Å². The lowest BCUT2D eigenvalue weighted by atomic mass is 9.77. The Kier molecular flexibility index (Phi) is 10.5. The lowest BCUT2D eigenvalue weighted by Gasteiger charge is -2.38. The molecule has 3 aliphatic rings. The van der Waals surface area contributed by atoms with Gasteiger partial charge in [0.15, 0.2) is 5.60 Å². The van der Waals surface area contributed by atoms with Crippen molar-refractivity contribution in [3.63, 3.8) is 0 Å². The van der Waals surface area contributed by atoms with Crippen LogP contribution in [0.1, 0.15) is 21.5 Å². The summed E-state index contributed by atoms with van der Waals surface area (Å²) in [6.45, 7) is -0.0772. The van der Waals surface area contributed by atoms with E-state index in [1.807, 2.05) is 74.4 Å². The van der Waals surface area contributed by atoms with E-state index in [4.69, 9.17) is 9.47 Å². The minimum Gasteiger partial charge on any atom is -0.456 e. The number of nitrogens with one attached hydrogen (secondary N) is 3. The van der Waals surface area contributed by atoms with Crippen LogP contribution in [0, 0.1) is 5.92 Å². The molecule has 2 aromatic carbocycles. The van der Waals surface area contributed by atoms with Crippen LogP contribution in [0.25, 0.3) is 23.2 Å². The predicted molar refractivity (Wildman–Crippen MR) is 218 cm³/mol. The first-order chi connectivity index (χ1) is 29.0. The summed E-state index contributed by atoms with van der Waals surface area (Å²) < 4.78 is 12.8. The van der Waals surface area contributed by atoms with Gasteiger partial charge in [0.1, 0.15) is 17.2 Å². The second-order valence-electron chi connectivity index (χ2n) is 14.3. The van der Waals surface area contributed by atoms with Gasteiger partial charge < -0.3 is 35.2 Å². The van der Waals surface area contributed by atoms with Gasteiger partial charge in [-0.2, -0.15) is 0 Å². The van der Waals surface area contributed by atoms with Gasteiger partial charge in [0.25, 0.3) is 5.91 Å². The van der Waals surface area contributed by atoms with Gasteiger partial charge in [-0.05, 0) is 42.5 Å². The second kappa shape index (κ2) is 16.2. The number of aromatic nitrogens is 7. The summed E-state index contributed by atoms with van der Waals surface area (Å²) in [6, 6.07) is 16.3. The zero-order valence-corrected chi connectivity index (χ0v) is 32.9. The third-order valence-corrected chi connectivity index (χ3v) is 9.98. The monoisotopic (exact) mass is 806 g/mol. The van der Waals surface area contributed by atoms with Gasteiger partial charge in [-0.1, -0.05) is 24.3 Å². The van der Waals surface area contributed by atoms with E-state index < -0.39 is 35.2 Å². The number of anilines is 2. The average molecular weight is 807 g/mol. The molecule has 0 unspecified atom stereocenters. The molecule has 3 amide bonds. The van der Waals surface area contributed by atoms with Crippen molar-refractivity contribution in [2.24, 2.45) is 5.92 Å². The zero-order valence-electron chi connectivity index (χ0n) is 32.9. The summed E-state index contributed by atoms with van der Waals surface area (Å²) >= 11 is 0. The lowest BCUT2D eigenvalue weighted by Crippen LogP contribution is -2.41. The summed E-state index contributed by atoms with van der Waals surface area (Å²) in [5.41, 5.74) is 3.31. The number of nitrogens with zero attached hydrogens (tertiary/aromatic N) is 9. The van der Waals surface area contributed by atoms with Crippen molar-refractivity contribution in [1.29, 1.82) is 0 Å². The Labute approximate surface area is 343 Å². The fourth-order valence-electron chi connectivity index (χ4n) is 6.87. The van der Waals surface area contributed by atoms with E-state index in [2.05, 4.69) is 51.3 Å². The van der Waals surface area contributed by atoms with Gasteiger partial charge in [0.2, 0.25) is 29.3 Å². The fourth-order valence-corrected chi connectivity index (χ4v) is 6.87. The van der Waals surface area contributed by atoms with E-state index in [0.717, 1.165) is 11.4 Å². The molecular weight excluding hydrogens is 769 g/mol. The number of carbonyl (C=O) groups excluding carboxylic acids is 4. The SMILES string of the molecule is CN(C)c1ccc2c(c1)Oc1cc(N(C)C)ccc1C21OC(=O)C2=C1C=C[C@H](C(=O)NCC(=O)NCCNC(=O)c1ccc(-c3nnc(-c4ncccn4)nn3)nc1)C=C2. The van der Waals surface area contributed by atoms with Gasteiger partial charge >= 0.3 is 5.97 Å². The molecule has 0 saturated carbocycles. The molecule has 8 rings (SSSR count). The molecule has 0 radical (unpaired) electrons. The van der Waals surface area contributed by atoms with Crippen LogP contribution in [0.2, 0.25) is 0 Å². The average Bonchev–Trinajstić information content (AvgIpc) is 3.38. The zero-order chi connectivity index (χ0) is 42.0. The van der Waals surface area contributed by atoms with E-state index in [9.17, 15) is 19.2 Å². The minimum atomic E-state index is -1.33. The smallest absolute Gasteiger partial charge is 0.340 e. The van der Waals surface area contributed by atoms with E-state index in [-0.39, 0.29) is 42.7 Å². The molecule has 5 aromatic rings. The molecule has 3 aromatic heterocycles. The quantitative estimate of drug-likeness (QED) is 0.129. The predicted octanol–water partition coefficient (Wildman–Crippen LogP) is 2.52. The molecule has 1 aliphatic carbocycles. The van der Waals surface area contributed by atoms with Crippen LogP contribution in [-0.2, 0) is 24.7 Å². The number of pyridine rings is 1.